The third-order valence-electron chi connectivity index (χ3n) is 1.71. The van der Waals surface area contributed by atoms with E-state index in [1.54, 1.807) is 12.1 Å². The minimum atomic E-state index is -0.0109. The number of aromatic hydroxyl groups is 1. The molecule has 3 heteroatoms. The molecule has 0 heterocycles. The predicted octanol–water partition coefficient (Wildman–Crippen LogP) is 1.72. The molecule has 0 saturated carbocycles. The van der Waals surface area contributed by atoms with Crippen LogP contribution in [-0.2, 0) is 6.42 Å². The lowest BCUT2D eigenvalue weighted by atomic mass is 10.1. The molecule has 0 fully saturated rings. The third kappa shape index (κ3) is 2.21. The molecule has 13 heavy (non-hydrogen) atoms. The van der Waals surface area contributed by atoms with Crippen LogP contribution in [0.15, 0.2) is 18.2 Å². The number of hydrogen-bond donors (Lipinski definition) is 1. The first-order valence-electron chi connectivity index (χ1n) is 3.87. The van der Waals surface area contributed by atoms with Gasteiger partial charge in [-0.3, -0.25) is 0 Å². The summed E-state index contributed by atoms with van der Waals surface area (Å²) in [6.07, 6.45) is 1.04. The van der Waals surface area contributed by atoms with Crippen LogP contribution in [0.5, 0.6) is 5.75 Å². The Morgan fingerprint density at radius 2 is 2.08 bits per heavy atom. The summed E-state index contributed by atoms with van der Waals surface area (Å²) in [6, 6.07) is 8.70. The number of aryl methyl sites for hydroxylation is 1. The van der Waals surface area contributed by atoms with Gasteiger partial charge >= 0.3 is 0 Å². The van der Waals surface area contributed by atoms with Gasteiger partial charge in [-0.2, -0.15) is 10.5 Å². The van der Waals surface area contributed by atoms with Crippen LogP contribution in [-0.4, -0.2) is 5.11 Å². The molecule has 0 aliphatic heterocycles. The second kappa shape index (κ2) is 4.13. The van der Waals surface area contributed by atoms with Gasteiger partial charge in [-0.1, -0.05) is 6.07 Å². The number of phenols is 1. The van der Waals surface area contributed by atoms with E-state index in [2.05, 4.69) is 0 Å². The fourth-order valence-corrected chi connectivity index (χ4v) is 1.03. The van der Waals surface area contributed by atoms with Crippen molar-refractivity contribution in [2.45, 2.75) is 12.8 Å². The monoisotopic (exact) mass is 172 g/mol. The van der Waals surface area contributed by atoms with Crippen LogP contribution in [0.25, 0.3) is 0 Å². The van der Waals surface area contributed by atoms with Gasteiger partial charge in [0.25, 0.3) is 0 Å². The second-order valence-corrected chi connectivity index (χ2v) is 2.62. The predicted molar refractivity (Wildman–Crippen MR) is 46.8 cm³/mol. The highest BCUT2D eigenvalue weighted by molar-refractivity contribution is 5.44. The van der Waals surface area contributed by atoms with E-state index in [9.17, 15) is 5.11 Å². The van der Waals surface area contributed by atoms with Gasteiger partial charge in [-0.15, -0.1) is 0 Å². The van der Waals surface area contributed by atoms with E-state index in [0.717, 1.165) is 5.56 Å². The molecule has 3 nitrogen and oxygen atoms in total. The van der Waals surface area contributed by atoms with Gasteiger partial charge in [-0.25, -0.2) is 0 Å². The Bertz CT molecular complexity index is 385. The number of benzene rings is 1. The summed E-state index contributed by atoms with van der Waals surface area (Å²) < 4.78 is 0. The van der Waals surface area contributed by atoms with Crippen molar-refractivity contribution in [2.24, 2.45) is 0 Å². The molecular formula is C10H8N2O. The highest BCUT2D eigenvalue weighted by Crippen LogP contribution is 2.17. The SMILES string of the molecule is N#CCCc1ccc(O)c(C#N)c1. The molecule has 0 spiro atoms. The lowest BCUT2D eigenvalue weighted by Gasteiger charge is -1.99. The summed E-state index contributed by atoms with van der Waals surface area (Å²) in [5.74, 6) is -0.0109. The zero-order valence-corrected chi connectivity index (χ0v) is 6.99. The Hall–Kier alpha value is -2.00. The molecule has 0 aromatic heterocycles. The van der Waals surface area contributed by atoms with Crippen LogP contribution in [0.4, 0.5) is 0 Å². The van der Waals surface area contributed by atoms with Crippen LogP contribution >= 0.6 is 0 Å². The maximum Gasteiger partial charge on any atom is 0.133 e. The van der Waals surface area contributed by atoms with Crippen LogP contribution in [0, 0.1) is 22.7 Å². The van der Waals surface area contributed by atoms with E-state index in [1.807, 2.05) is 12.1 Å². The molecule has 0 atom stereocenters. The van der Waals surface area contributed by atoms with E-state index in [1.165, 1.54) is 6.07 Å². The van der Waals surface area contributed by atoms with Crippen molar-refractivity contribution in [1.82, 2.24) is 0 Å². The molecule has 0 saturated heterocycles. The first-order valence-corrected chi connectivity index (χ1v) is 3.87. The van der Waals surface area contributed by atoms with Gasteiger partial charge in [-0.05, 0) is 24.1 Å². The molecule has 1 aromatic carbocycles. The van der Waals surface area contributed by atoms with Crippen LogP contribution in [0.2, 0.25) is 0 Å². The lowest BCUT2D eigenvalue weighted by Crippen LogP contribution is -1.85. The van der Waals surface area contributed by atoms with Crippen molar-refractivity contribution in [3.63, 3.8) is 0 Å². The minimum Gasteiger partial charge on any atom is -0.507 e. The highest BCUT2D eigenvalue weighted by Gasteiger charge is 2.00. The van der Waals surface area contributed by atoms with E-state index in [0.29, 0.717) is 12.8 Å². The largest absolute Gasteiger partial charge is 0.507 e. The quantitative estimate of drug-likeness (QED) is 0.738. The maximum atomic E-state index is 9.17. The number of hydrogen-bond acceptors (Lipinski definition) is 3. The minimum absolute atomic E-state index is 0.0109. The average molecular weight is 172 g/mol. The van der Waals surface area contributed by atoms with Crippen LogP contribution in [0.3, 0.4) is 0 Å². The summed E-state index contributed by atoms with van der Waals surface area (Å²) in [5.41, 5.74) is 1.16. The zero-order valence-electron chi connectivity index (χ0n) is 6.99. The normalized spacial score (nSPS) is 8.77. The molecule has 0 radical (unpaired) electrons. The smallest absolute Gasteiger partial charge is 0.133 e. The third-order valence-corrected chi connectivity index (χ3v) is 1.71. The molecule has 1 N–H and O–H groups in total. The van der Waals surface area contributed by atoms with Gasteiger partial charge in [0.15, 0.2) is 0 Å². The Morgan fingerprint density at radius 1 is 1.31 bits per heavy atom. The fraction of sp³-hybridized carbons (Fsp3) is 0.200. The van der Waals surface area contributed by atoms with E-state index >= 15 is 0 Å². The zero-order chi connectivity index (χ0) is 9.68. The summed E-state index contributed by atoms with van der Waals surface area (Å²) in [4.78, 5) is 0. The summed E-state index contributed by atoms with van der Waals surface area (Å²) in [5, 5.41) is 26.1. The Labute approximate surface area is 76.5 Å². The van der Waals surface area contributed by atoms with Crippen LogP contribution < -0.4 is 0 Å². The molecule has 1 rings (SSSR count). The van der Waals surface area contributed by atoms with Crippen molar-refractivity contribution in [3.05, 3.63) is 29.3 Å². The summed E-state index contributed by atoms with van der Waals surface area (Å²) in [7, 11) is 0. The summed E-state index contributed by atoms with van der Waals surface area (Å²) in [6.45, 7) is 0. The van der Waals surface area contributed by atoms with E-state index in [4.69, 9.17) is 10.5 Å². The molecule has 0 unspecified atom stereocenters. The van der Waals surface area contributed by atoms with E-state index in [-0.39, 0.29) is 11.3 Å². The standard InChI is InChI=1S/C10H8N2O/c11-5-1-2-8-3-4-10(13)9(6-8)7-12/h3-4,6,13H,1-2H2. The Balaban J connectivity index is 2.89. The van der Waals surface area contributed by atoms with Gasteiger partial charge in [0.1, 0.15) is 11.8 Å². The number of nitriles is 2. The molecule has 0 amide bonds. The van der Waals surface area contributed by atoms with E-state index < -0.39 is 0 Å². The molecular weight excluding hydrogens is 164 g/mol. The summed E-state index contributed by atoms with van der Waals surface area (Å²) >= 11 is 0. The van der Waals surface area contributed by atoms with Gasteiger partial charge < -0.3 is 5.11 Å². The first-order chi connectivity index (χ1) is 6.27. The van der Waals surface area contributed by atoms with Gasteiger partial charge in [0, 0.05) is 6.42 Å². The Morgan fingerprint density at radius 3 is 2.69 bits per heavy atom. The molecule has 0 aliphatic carbocycles. The van der Waals surface area contributed by atoms with Crippen LogP contribution in [0.1, 0.15) is 17.5 Å². The lowest BCUT2D eigenvalue weighted by molar-refractivity contribution is 0.473. The number of rotatable bonds is 2. The Kier molecular flexibility index (Phi) is 2.89. The van der Waals surface area contributed by atoms with Crippen molar-refractivity contribution < 1.29 is 5.11 Å². The van der Waals surface area contributed by atoms with Crippen molar-refractivity contribution >= 4 is 0 Å². The number of nitrogens with zero attached hydrogens (tertiary/aromatic N) is 2. The van der Waals surface area contributed by atoms with Gasteiger partial charge in [0.2, 0.25) is 0 Å². The average Bonchev–Trinajstić information content (AvgIpc) is 2.16. The highest BCUT2D eigenvalue weighted by atomic mass is 16.3. The van der Waals surface area contributed by atoms with Crippen molar-refractivity contribution in [3.8, 4) is 17.9 Å². The second-order valence-electron chi connectivity index (χ2n) is 2.62. The molecule has 0 aliphatic rings. The molecule has 64 valence electrons. The van der Waals surface area contributed by atoms with Crippen molar-refractivity contribution in [2.75, 3.05) is 0 Å². The first kappa shape index (κ1) is 9.09. The maximum absolute atomic E-state index is 9.17. The number of phenolic OH excluding ortho intramolecular Hbond substituents is 1. The van der Waals surface area contributed by atoms with Crippen molar-refractivity contribution in [1.29, 1.82) is 10.5 Å². The fourth-order valence-electron chi connectivity index (χ4n) is 1.03. The molecule has 0 bridgehead atoms. The molecule has 1 aromatic rings. The van der Waals surface area contributed by atoms with Gasteiger partial charge in [0.05, 0.1) is 11.6 Å². The topological polar surface area (TPSA) is 67.8 Å².